The molecule has 0 aliphatic rings. The highest BCUT2D eigenvalue weighted by molar-refractivity contribution is 7.90. The van der Waals surface area contributed by atoms with Crippen molar-refractivity contribution in [3.63, 3.8) is 0 Å². The first-order chi connectivity index (χ1) is 21.8. The fraction of sp³-hybridized carbons (Fsp3) is 0.345. The molecule has 0 bridgehead atoms. The molecule has 0 saturated carbocycles. The van der Waals surface area contributed by atoms with E-state index in [1.807, 2.05) is 32.4 Å². The van der Waals surface area contributed by atoms with E-state index in [1.165, 1.54) is 64.6 Å². The molecule has 0 radical (unpaired) electrons. The number of halogens is 1. The average molecular weight is 766 g/mol. The Morgan fingerprint density at radius 3 is 1.42 bits per heavy atom. The zero-order chi connectivity index (χ0) is 37.0. The second kappa shape index (κ2) is 15.6. The number of nitrogens with one attached hydrogen (secondary N) is 2. The Morgan fingerprint density at radius 2 is 1.04 bits per heavy atom. The van der Waals surface area contributed by atoms with Gasteiger partial charge in [-0.05, 0) is 71.5 Å². The van der Waals surface area contributed by atoms with Gasteiger partial charge in [0, 0.05) is 38.9 Å². The number of hydrogen-bond acceptors (Lipinski definition) is 9. The minimum atomic E-state index is -4.33. The van der Waals surface area contributed by atoms with Gasteiger partial charge >= 0.3 is 6.03 Å². The van der Waals surface area contributed by atoms with Gasteiger partial charge in [0.1, 0.15) is 0 Å². The summed E-state index contributed by atoms with van der Waals surface area (Å²) < 4.78 is 99.6. The van der Waals surface area contributed by atoms with Crippen LogP contribution in [0.1, 0.15) is 50.7 Å². The van der Waals surface area contributed by atoms with Crippen molar-refractivity contribution in [2.45, 2.75) is 59.1 Å². The summed E-state index contributed by atoms with van der Waals surface area (Å²) in [5.41, 5.74) is 2.04. The molecule has 0 saturated heterocycles. The SMILES string of the molecule is CC(C)c1cc(Cl)cc(C(C)C)c1NC(=O)NS(=O)(=O)c1cccc(S(=O)(=O)N(C)C)c1.CN(C)S(=O)(=O)c1cccc(S(N)(=O)=O)c1. The summed E-state index contributed by atoms with van der Waals surface area (Å²) in [4.78, 5) is 11.8. The third-order valence-corrected chi connectivity index (χ3v) is 12.8. The summed E-state index contributed by atoms with van der Waals surface area (Å²) >= 11 is 6.23. The van der Waals surface area contributed by atoms with Gasteiger partial charge in [-0.25, -0.2) is 56.9 Å². The predicted octanol–water partition coefficient (Wildman–Crippen LogP) is 3.93. The van der Waals surface area contributed by atoms with Gasteiger partial charge < -0.3 is 5.32 Å². The van der Waals surface area contributed by atoms with Gasteiger partial charge in [-0.15, -0.1) is 0 Å². The number of anilines is 1. The van der Waals surface area contributed by atoms with E-state index in [9.17, 15) is 38.5 Å². The van der Waals surface area contributed by atoms with Gasteiger partial charge in [-0.1, -0.05) is 51.4 Å². The normalized spacial score (nSPS) is 12.6. The third-order valence-electron chi connectivity index (χ3n) is 6.68. The highest BCUT2D eigenvalue weighted by Crippen LogP contribution is 2.35. The summed E-state index contributed by atoms with van der Waals surface area (Å²) in [6.45, 7) is 7.75. The smallest absolute Gasteiger partial charge is 0.307 e. The van der Waals surface area contributed by atoms with Crippen molar-refractivity contribution in [3.8, 4) is 0 Å². The number of benzene rings is 3. The molecule has 266 valence electrons. The fourth-order valence-corrected chi connectivity index (χ4v) is 7.85. The van der Waals surface area contributed by atoms with E-state index >= 15 is 0 Å². The number of carbonyl (C=O) groups is 1. The molecule has 3 aromatic rings. The van der Waals surface area contributed by atoms with Crippen LogP contribution in [0, 0.1) is 0 Å². The molecule has 3 rings (SSSR count). The molecule has 2 amide bonds. The van der Waals surface area contributed by atoms with E-state index < -0.39 is 46.1 Å². The molecule has 0 fully saturated rings. The lowest BCUT2D eigenvalue weighted by Crippen LogP contribution is -2.35. The largest absolute Gasteiger partial charge is 0.333 e. The quantitative estimate of drug-likeness (QED) is 0.273. The maximum Gasteiger partial charge on any atom is 0.333 e. The molecule has 4 N–H and O–H groups in total. The van der Waals surface area contributed by atoms with Crippen LogP contribution < -0.4 is 15.2 Å². The zero-order valence-electron chi connectivity index (χ0n) is 27.6. The molecular weight excluding hydrogens is 726 g/mol. The molecular formula is C29H40ClN5O9S4. The highest BCUT2D eigenvalue weighted by atomic mass is 35.5. The van der Waals surface area contributed by atoms with Crippen molar-refractivity contribution >= 4 is 63.4 Å². The Kier molecular flexibility index (Phi) is 13.4. The van der Waals surface area contributed by atoms with Crippen molar-refractivity contribution in [2.24, 2.45) is 5.14 Å². The van der Waals surface area contributed by atoms with Crippen molar-refractivity contribution in [3.05, 3.63) is 76.8 Å². The molecule has 0 aliphatic heterocycles. The number of carbonyl (C=O) groups excluding carboxylic acids is 1. The van der Waals surface area contributed by atoms with Crippen molar-refractivity contribution in [1.82, 2.24) is 13.3 Å². The maximum atomic E-state index is 12.8. The lowest BCUT2D eigenvalue weighted by atomic mass is 9.92. The number of sulfonamides is 4. The van der Waals surface area contributed by atoms with E-state index in [0.29, 0.717) is 10.7 Å². The van der Waals surface area contributed by atoms with Crippen LogP contribution in [0.25, 0.3) is 0 Å². The zero-order valence-corrected chi connectivity index (χ0v) is 31.6. The van der Waals surface area contributed by atoms with Crippen LogP contribution in [0.15, 0.2) is 80.2 Å². The fourth-order valence-electron chi connectivity index (χ4n) is 4.06. The number of amides is 2. The molecule has 0 aliphatic carbocycles. The second-order valence-corrected chi connectivity index (χ2v) is 19.4. The summed E-state index contributed by atoms with van der Waals surface area (Å²) in [5.74, 6) is 0.0389. The minimum Gasteiger partial charge on any atom is -0.307 e. The Morgan fingerprint density at radius 1 is 0.667 bits per heavy atom. The van der Waals surface area contributed by atoms with Crippen molar-refractivity contribution in [1.29, 1.82) is 0 Å². The number of hydrogen-bond donors (Lipinski definition) is 3. The minimum absolute atomic E-state index is 0.0195. The lowest BCUT2D eigenvalue weighted by Gasteiger charge is -2.21. The van der Waals surface area contributed by atoms with Gasteiger partial charge in [0.15, 0.2) is 0 Å². The number of nitrogens with two attached hydrogens (primary N) is 1. The third kappa shape index (κ3) is 10.2. The van der Waals surface area contributed by atoms with Gasteiger partial charge in [-0.3, -0.25) is 0 Å². The maximum absolute atomic E-state index is 12.8. The molecule has 0 aromatic heterocycles. The summed E-state index contributed by atoms with van der Waals surface area (Å²) in [7, 11) is -10.3. The van der Waals surface area contributed by atoms with Gasteiger partial charge in [-0.2, -0.15) is 0 Å². The summed E-state index contributed by atoms with van der Waals surface area (Å²) in [6, 6.07) is 12.2. The molecule has 0 atom stereocenters. The van der Waals surface area contributed by atoms with Crippen LogP contribution in [0.4, 0.5) is 10.5 Å². The molecule has 0 spiro atoms. The molecule has 3 aromatic carbocycles. The highest BCUT2D eigenvalue weighted by Gasteiger charge is 2.25. The summed E-state index contributed by atoms with van der Waals surface area (Å²) in [5, 5.41) is 8.08. The summed E-state index contributed by atoms with van der Waals surface area (Å²) in [6.07, 6.45) is 0. The molecule has 0 unspecified atom stereocenters. The second-order valence-electron chi connectivity index (χ2n) is 11.4. The molecule has 0 heterocycles. The number of nitrogens with zero attached hydrogens (tertiary/aromatic N) is 2. The number of primary sulfonamides is 1. The topological polar surface area (TPSA) is 210 Å². The van der Waals surface area contributed by atoms with E-state index in [4.69, 9.17) is 16.7 Å². The number of rotatable bonds is 10. The van der Waals surface area contributed by atoms with E-state index in [2.05, 4.69) is 5.32 Å². The van der Waals surface area contributed by atoms with Gasteiger partial charge in [0.05, 0.1) is 19.6 Å². The molecule has 48 heavy (non-hydrogen) atoms. The standard InChI is InChI=1S/C21H28ClN3O5S2.C8H12N2O4S2/c1-13(2)18-10-15(22)11-19(14(3)4)20(18)23-21(26)24-31(27,28)16-8-7-9-17(12-16)32(29,30)25(5)6;1-10(2)16(13,14)8-5-3-4-7(6-8)15(9,11)12/h7-14H,1-6H3,(H2,23,24,26);3-6H,1-2H3,(H2,9,11,12). The first-order valence-electron chi connectivity index (χ1n) is 14.1. The van der Waals surface area contributed by atoms with E-state index in [-0.39, 0.29) is 31.4 Å². The predicted molar refractivity (Wildman–Crippen MR) is 185 cm³/mol. The first-order valence-corrected chi connectivity index (χ1v) is 20.4. The lowest BCUT2D eigenvalue weighted by molar-refractivity contribution is 0.256. The van der Waals surface area contributed by atoms with Crippen LogP contribution in [-0.2, 0) is 40.1 Å². The Bertz CT molecular complexity index is 2070. The van der Waals surface area contributed by atoms with Crippen molar-refractivity contribution < 1.29 is 38.5 Å². The van der Waals surface area contributed by atoms with E-state index in [0.717, 1.165) is 31.9 Å². The van der Waals surface area contributed by atoms with Gasteiger partial charge in [0.25, 0.3) is 10.0 Å². The molecule has 14 nitrogen and oxygen atoms in total. The van der Waals surface area contributed by atoms with Crippen LogP contribution in [0.5, 0.6) is 0 Å². The Balaban J connectivity index is 0.000000419. The van der Waals surface area contributed by atoms with Crippen LogP contribution in [0.3, 0.4) is 0 Å². The Labute approximate surface area is 288 Å². The molecule has 19 heteroatoms. The first kappa shape index (κ1) is 41.1. The van der Waals surface area contributed by atoms with Crippen LogP contribution in [0.2, 0.25) is 5.02 Å². The Hall–Kier alpha value is -3.10. The van der Waals surface area contributed by atoms with Crippen molar-refractivity contribution in [2.75, 3.05) is 33.5 Å². The van der Waals surface area contributed by atoms with E-state index in [1.54, 1.807) is 12.1 Å². The average Bonchev–Trinajstić information content (AvgIpc) is 2.97. The van der Waals surface area contributed by atoms with Crippen LogP contribution in [-0.4, -0.2) is 76.5 Å². The monoisotopic (exact) mass is 765 g/mol. The van der Waals surface area contributed by atoms with Crippen LogP contribution >= 0.6 is 11.6 Å². The van der Waals surface area contributed by atoms with Gasteiger partial charge in [0.2, 0.25) is 30.1 Å². The number of urea groups is 1.